The van der Waals surface area contributed by atoms with E-state index in [1.165, 1.54) is 0 Å². The summed E-state index contributed by atoms with van der Waals surface area (Å²) < 4.78 is -0.298. The molecule has 1 atom stereocenters. The summed E-state index contributed by atoms with van der Waals surface area (Å²) in [6, 6.07) is 11.3. The van der Waals surface area contributed by atoms with Crippen LogP contribution >= 0.6 is 11.8 Å². The zero-order chi connectivity index (χ0) is 16.2. The molecule has 6 heteroatoms. The topological polar surface area (TPSA) is 83.8 Å². The van der Waals surface area contributed by atoms with Crippen LogP contribution in [0, 0.1) is 0 Å². The van der Waals surface area contributed by atoms with E-state index in [0.717, 1.165) is 17.0 Å². The van der Waals surface area contributed by atoms with Crippen LogP contribution in [0.4, 0.5) is 0 Å². The number of carbonyl (C=O) groups excluding carboxylic acids is 1. The predicted octanol–water partition coefficient (Wildman–Crippen LogP) is 2.16. The van der Waals surface area contributed by atoms with Crippen molar-refractivity contribution in [1.82, 2.24) is 15.5 Å². The molecule has 118 valence electrons. The summed E-state index contributed by atoms with van der Waals surface area (Å²) in [5.74, 6) is -0.157. The van der Waals surface area contributed by atoms with E-state index in [2.05, 4.69) is 15.5 Å². The molecular formula is C16H22N4OS. The molecule has 5 nitrogen and oxygen atoms in total. The van der Waals surface area contributed by atoms with Gasteiger partial charge in [0.2, 0.25) is 5.91 Å². The number of benzene rings is 1. The van der Waals surface area contributed by atoms with E-state index < -0.39 is 6.04 Å². The van der Waals surface area contributed by atoms with Gasteiger partial charge in [-0.25, -0.2) is 0 Å². The van der Waals surface area contributed by atoms with E-state index in [4.69, 9.17) is 5.73 Å². The lowest BCUT2D eigenvalue weighted by molar-refractivity contribution is -0.123. The lowest BCUT2D eigenvalue weighted by Gasteiger charge is -2.28. The van der Waals surface area contributed by atoms with Gasteiger partial charge in [0.15, 0.2) is 0 Å². The van der Waals surface area contributed by atoms with Gasteiger partial charge < -0.3 is 11.1 Å². The summed E-state index contributed by atoms with van der Waals surface area (Å²) in [6.45, 7) is 4.31. The number of amides is 1. The van der Waals surface area contributed by atoms with Crippen LogP contribution in [0.5, 0.6) is 0 Å². The average molecular weight is 318 g/mol. The number of hydrogen-bond acceptors (Lipinski definition) is 4. The van der Waals surface area contributed by atoms with Gasteiger partial charge in [0.05, 0.1) is 24.0 Å². The minimum Gasteiger partial charge on any atom is -0.349 e. The molecule has 0 radical (unpaired) electrons. The van der Waals surface area contributed by atoms with Gasteiger partial charge in [-0.2, -0.15) is 16.9 Å². The third-order valence-electron chi connectivity index (χ3n) is 3.71. The minimum atomic E-state index is -0.556. The Kier molecular flexibility index (Phi) is 5.26. The van der Waals surface area contributed by atoms with Gasteiger partial charge in [-0.3, -0.25) is 9.89 Å². The van der Waals surface area contributed by atoms with Crippen LogP contribution < -0.4 is 11.1 Å². The molecule has 0 aliphatic rings. The van der Waals surface area contributed by atoms with Gasteiger partial charge >= 0.3 is 0 Å². The molecule has 2 rings (SSSR count). The number of carbonyl (C=O) groups is 1. The number of aromatic nitrogens is 2. The summed E-state index contributed by atoms with van der Waals surface area (Å²) in [5.41, 5.74) is 8.75. The summed E-state index contributed by atoms with van der Waals surface area (Å²) in [7, 11) is 0. The van der Waals surface area contributed by atoms with Gasteiger partial charge in [-0.15, -0.1) is 0 Å². The fraction of sp³-hybridized carbons (Fsp3) is 0.375. The highest BCUT2D eigenvalue weighted by atomic mass is 32.2. The Balaban J connectivity index is 1.96. The lowest BCUT2D eigenvalue weighted by Crippen LogP contribution is -2.51. The van der Waals surface area contributed by atoms with Crippen molar-refractivity contribution in [3.63, 3.8) is 0 Å². The monoisotopic (exact) mass is 318 g/mol. The predicted molar refractivity (Wildman–Crippen MR) is 91.4 cm³/mol. The second kappa shape index (κ2) is 6.98. The van der Waals surface area contributed by atoms with Crippen molar-refractivity contribution < 1.29 is 4.79 Å². The van der Waals surface area contributed by atoms with Crippen molar-refractivity contribution in [3.05, 3.63) is 42.1 Å². The molecule has 0 spiro atoms. The SMILES string of the molecule is CSC(C)(C)[C@H](N)C(=O)NCc1cc(-c2ccccc2)n[nH]1. The van der Waals surface area contributed by atoms with Crippen molar-refractivity contribution >= 4 is 17.7 Å². The third-order valence-corrected chi connectivity index (χ3v) is 5.02. The van der Waals surface area contributed by atoms with Gasteiger partial charge in [0, 0.05) is 10.3 Å². The molecular weight excluding hydrogens is 296 g/mol. The van der Waals surface area contributed by atoms with E-state index in [1.54, 1.807) is 11.8 Å². The van der Waals surface area contributed by atoms with Crippen molar-refractivity contribution in [2.75, 3.05) is 6.26 Å². The molecule has 22 heavy (non-hydrogen) atoms. The van der Waals surface area contributed by atoms with E-state index in [1.807, 2.05) is 56.5 Å². The maximum absolute atomic E-state index is 12.1. The molecule has 1 aromatic carbocycles. The van der Waals surface area contributed by atoms with Crippen molar-refractivity contribution in [1.29, 1.82) is 0 Å². The smallest absolute Gasteiger partial charge is 0.238 e. The number of nitrogens with one attached hydrogen (secondary N) is 2. The number of rotatable bonds is 6. The first-order valence-electron chi connectivity index (χ1n) is 7.12. The Morgan fingerprint density at radius 3 is 2.73 bits per heavy atom. The molecule has 1 aromatic heterocycles. The summed E-state index contributed by atoms with van der Waals surface area (Å²) in [6.07, 6.45) is 1.95. The van der Waals surface area contributed by atoms with Crippen LogP contribution in [0.2, 0.25) is 0 Å². The molecule has 0 saturated heterocycles. The van der Waals surface area contributed by atoms with E-state index in [9.17, 15) is 4.79 Å². The van der Waals surface area contributed by atoms with Gasteiger partial charge in [-0.1, -0.05) is 30.3 Å². The number of H-pyrrole nitrogens is 1. The first kappa shape index (κ1) is 16.6. The quantitative estimate of drug-likeness (QED) is 0.762. The second-order valence-corrected chi connectivity index (χ2v) is 7.11. The Labute approximate surface area is 135 Å². The normalized spacial score (nSPS) is 12.9. The van der Waals surface area contributed by atoms with Crippen LogP contribution in [0.15, 0.2) is 36.4 Å². The first-order valence-corrected chi connectivity index (χ1v) is 8.34. The Hall–Kier alpha value is -1.79. The van der Waals surface area contributed by atoms with Crippen LogP contribution in [-0.2, 0) is 11.3 Å². The highest BCUT2D eigenvalue weighted by molar-refractivity contribution is 8.00. The first-order chi connectivity index (χ1) is 10.4. The number of thioether (sulfide) groups is 1. The number of nitrogens with two attached hydrogens (primary N) is 1. The van der Waals surface area contributed by atoms with Crippen molar-refractivity contribution in [2.24, 2.45) is 5.73 Å². The molecule has 4 N–H and O–H groups in total. The van der Waals surface area contributed by atoms with Crippen LogP contribution in [0.25, 0.3) is 11.3 Å². The molecule has 1 heterocycles. The maximum atomic E-state index is 12.1. The van der Waals surface area contributed by atoms with Crippen molar-refractivity contribution in [3.8, 4) is 11.3 Å². The van der Waals surface area contributed by atoms with Crippen molar-refractivity contribution in [2.45, 2.75) is 31.2 Å². The molecule has 0 fully saturated rings. The number of hydrogen-bond donors (Lipinski definition) is 3. The second-order valence-electron chi connectivity index (χ2n) is 5.65. The fourth-order valence-corrected chi connectivity index (χ4v) is 2.30. The van der Waals surface area contributed by atoms with Crippen LogP contribution in [-0.4, -0.2) is 33.1 Å². The third kappa shape index (κ3) is 3.90. The molecule has 0 aliphatic carbocycles. The summed E-state index contributed by atoms with van der Waals surface area (Å²) in [4.78, 5) is 12.1. The Morgan fingerprint density at radius 2 is 2.09 bits per heavy atom. The molecule has 2 aromatic rings. The zero-order valence-corrected chi connectivity index (χ0v) is 13.9. The molecule has 1 amide bonds. The highest BCUT2D eigenvalue weighted by Crippen LogP contribution is 2.24. The van der Waals surface area contributed by atoms with E-state index in [0.29, 0.717) is 6.54 Å². The molecule has 0 aliphatic heterocycles. The molecule has 0 saturated carbocycles. The molecule has 0 unspecified atom stereocenters. The van der Waals surface area contributed by atoms with Crippen LogP contribution in [0.3, 0.4) is 0 Å². The summed E-state index contributed by atoms with van der Waals surface area (Å²) >= 11 is 1.58. The molecule has 0 bridgehead atoms. The highest BCUT2D eigenvalue weighted by Gasteiger charge is 2.31. The average Bonchev–Trinajstić information content (AvgIpc) is 3.01. The number of aromatic amines is 1. The zero-order valence-electron chi connectivity index (χ0n) is 13.1. The largest absolute Gasteiger partial charge is 0.349 e. The van der Waals surface area contributed by atoms with Gasteiger partial charge in [0.25, 0.3) is 0 Å². The van der Waals surface area contributed by atoms with Crippen LogP contribution in [0.1, 0.15) is 19.5 Å². The van der Waals surface area contributed by atoms with Gasteiger partial charge in [0.1, 0.15) is 0 Å². The van der Waals surface area contributed by atoms with E-state index in [-0.39, 0.29) is 10.7 Å². The Morgan fingerprint density at radius 1 is 1.41 bits per heavy atom. The maximum Gasteiger partial charge on any atom is 0.238 e. The lowest BCUT2D eigenvalue weighted by atomic mass is 10.0. The standard InChI is InChI=1S/C16H22N4OS/c1-16(2,22-3)14(17)15(21)18-10-12-9-13(20-19-12)11-7-5-4-6-8-11/h4-9,14H,10,17H2,1-3H3,(H,18,21)(H,19,20)/t14-/m1/s1. The fourth-order valence-electron chi connectivity index (χ4n) is 1.94. The number of nitrogens with zero attached hydrogens (tertiary/aromatic N) is 1. The van der Waals surface area contributed by atoms with E-state index >= 15 is 0 Å². The van der Waals surface area contributed by atoms with Gasteiger partial charge in [-0.05, 0) is 26.2 Å². The minimum absolute atomic E-state index is 0.157. The Bertz CT molecular complexity index is 624. The summed E-state index contributed by atoms with van der Waals surface area (Å²) in [5, 5.41) is 10.1.